The topological polar surface area (TPSA) is 76.8 Å². The predicted octanol–water partition coefficient (Wildman–Crippen LogP) is 4.18. The second-order valence-corrected chi connectivity index (χ2v) is 6.66. The second-order valence-electron chi connectivity index (χ2n) is 6.66. The van der Waals surface area contributed by atoms with Gasteiger partial charge in [0.15, 0.2) is 0 Å². The van der Waals surface area contributed by atoms with Crippen LogP contribution in [0.1, 0.15) is 50.1 Å². The summed E-state index contributed by atoms with van der Waals surface area (Å²) in [6, 6.07) is 7.00. The van der Waals surface area contributed by atoms with E-state index in [4.69, 9.17) is 14.0 Å². The number of nitrogens with one attached hydrogen (secondary N) is 1. The Morgan fingerprint density at radius 2 is 2.12 bits per heavy atom. The van der Waals surface area contributed by atoms with E-state index in [0.29, 0.717) is 23.7 Å². The highest BCUT2D eigenvalue weighted by Crippen LogP contribution is 2.34. The number of amides is 2. The summed E-state index contributed by atoms with van der Waals surface area (Å²) in [7, 11) is 3.15. The zero-order valence-electron chi connectivity index (χ0n) is 15.6. The zero-order chi connectivity index (χ0) is 18.7. The summed E-state index contributed by atoms with van der Waals surface area (Å²) in [6.45, 7) is 4.79. The molecule has 3 rings (SSSR count). The molecule has 0 spiro atoms. The fourth-order valence-electron chi connectivity index (χ4n) is 3.14. The van der Waals surface area contributed by atoms with Crippen molar-refractivity contribution in [3.8, 4) is 11.5 Å². The average Bonchev–Trinajstić information content (AvgIpc) is 3.30. The number of hydrogen-bond acceptors (Lipinski definition) is 5. The minimum atomic E-state index is -0.176. The standard InChI is InChI=1S/C19H25N3O4/c1-12(2)17-11-15(21-26-17)16-6-5-9-22(16)19(23)20-14-8-7-13(24-3)10-18(14)25-4/h7-8,10-12,16H,5-6,9H2,1-4H3,(H,20,23)/t16-/m1/s1. The molecule has 1 aliphatic heterocycles. The van der Waals surface area contributed by atoms with Gasteiger partial charge in [0.2, 0.25) is 0 Å². The zero-order valence-corrected chi connectivity index (χ0v) is 15.6. The van der Waals surface area contributed by atoms with Crippen molar-refractivity contribution in [1.29, 1.82) is 0 Å². The Hall–Kier alpha value is -2.70. The van der Waals surface area contributed by atoms with Gasteiger partial charge in [-0.3, -0.25) is 0 Å². The quantitative estimate of drug-likeness (QED) is 0.866. The summed E-state index contributed by atoms with van der Waals surface area (Å²) >= 11 is 0. The van der Waals surface area contributed by atoms with E-state index >= 15 is 0 Å². The predicted molar refractivity (Wildman–Crippen MR) is 97.8 cm³/mol. The van der Waals surface area contributed by atoms with E-state index in [1.165, 1.54) is 0 Å². The Morgan fingerprint density at radius 1 is 1.31 bits per heavy atom. The first-order chi connectivity index (χ1) is 12.5. The summed E-state index contributed by atoms with van der Waals surface area (Å²) in [5, 5.41) is 7.11. The molecule has 0 saturated carbocycles. The summed E-state index contributed by atoms with van der Waals surface area (Å²) < 4.78 is 15.9. The van der Waals surface area contributed by atoms with Crippen molar-refractivity contribution in [3.63, 3.8) is 0 Å². The fraction of sp³-hybridized carbons (Fsp3) is 0.474. The third-order valence-electron chi connectivity index (χ3n) is 4.62. The van der Waals surface area contributed by atoms with Gasteiger partial charge in [-0.25, -0.2) is 4.79 Å². The molecule has 2 heterocycles. The first kappa shape index (κ1) is 18.1. The monoisotopic (exact) mass is 359 g/mol. The molecule has 140 valence electrons. The van der Waals surface area contributed by atoms with Gasteiger partial charge in [0.25, 0.3) is 0 Å². The Morgan fingerprint density at radius 3 is 2.77 bits per heavy atom. The lowest BCUT2D eigenvalue weighted by molar-refractivity contribution is 0.204. The molecule has 1 aromatic carbocycles. The van der Waals surface area contributed by atoms with Gasteiger partial charge >= 0.3 is 6.03 Å². The van der Waals surface area contributed by atoms with Gasteiger partial charge in [0, 0.05) is 24.6 Å². The van der Waals surface area contributed by atoms with Gasteiger partial charge in [0.05, 0.1) is 25.9 Å². The maximum Gasteiger partial charge on any atom is 0.322 e. The average molecular weight is 359 g/mol. The van der Waals surface area contributed by atoms with Gasteiger partial charge in [-0.2, -0.15) is 0 Å². The Balaban J connectivity index is 1.76. The lowest BCUT2D eigenvalue weighted by Gasteiger charge is -2.24. The van der Waals surface area contributed by atoms with Gasteiger partial charge < -0.3 is 24.2 Å². The number of carbonyl (C=O) groups excluding carboxylic acids is 1. The number of carbonyl (C=O) groups is 1. The number of aromatic nitrogens is 1. The number of anilines is 1. The van der Waals surface area contributed by atoms with Crippen LogP contribution in [0.5, 0.6) is 11.5 Å². The van der Waals surface area contributed by atoms with E-state index in [2.05, 4.69) is 24.3 Å². The molecular formula is C19H25N3O4. The van der Waals surface area contributed by atoms with Gasteiger partial charge in [-0.1, -0.05) is 19.0 Å². The third-order valence-corrected chi connectivity index (χ3v) is 4.62. The number of benzene rings is 1. The molecule has 1 saturated heterocycles. The van der Waals surface area contributed by atoms with Gasteiger partial charge in [0.1, 0.15) is 23.0 Å². The Bertz CT molecular complexity index is 772. The van der Waals surface area contributed by atoms with Crippen LogP contribution in [-0.2, 0) is 0 Å². The van der Waals surface area contributed by atoms with Crippen LogP contribution in [0.15, 0.2) is 28.8 Å². The van der Waals surface area contributed by atoms with E-state index in [0.717, 1.165) is 24.3 Å². The lowest BCUT2D eigenvalue weighted by atomic mass is 10.1. The SMILES string of the molecule is COc1ccc(NC(=O)N2CCC[C@@H]2c2cc(C(C)C)on2)c(OC)c1. The van der Waals surface area contributed by atoms with Crippen molar-refractivity contribution in [1.82, 2.24) is 10.1 Å². The first-order valence-electron chi connectivity index (χ1n) is 8.79. The van der Waals surface area contributed by atoms with Crippen LogP contribution in [0, 0.1) is 0 Å². The smallest absolute Gasteiger partial charge is 0.322 e. The van der Waals surface area contributed by atoms with E-state index in [1.807, 2.05) is 6.07 Å². The Labute approximate surface area is 153 Å². The molecule has 0 aliphatic carbocycles. The molecule has 7 nitrogen and oxygen atoms in total. The molecular weight excluding hydrogens is 334 g/mol. The summed E-state index contributed by atoms with van der Waals surface area (Å²) in [5.41, 5.74) is 1.41. The third kappa shape index (κ3) is 3.61. The van der Waals surface area contributed by atoms with Gasteiger partial charge in [-0.05, 0) is 25.0 Å². The molecule has 1 aliphatic rings. The van der Waals surface area contributed by atoms with E-state index in [1.54, 1.807) is 37.3 Å². The molecule has 1 atom stereocenters. The summed E-state index contributed by atoms with van der Waals surface area (Å²) in [4.78, 5) is 14.6. The molecule has 0 radical (unpaired) electrons. The van der Waals surface area contributed by atoms with Crippen LogP contribution in [0.2, 0.25) is 0 Å². The highest BCUT2D eigenvalue weighted by molar-refractivity contribution is 5.91. The van der Waals surface area contributed by atoms with Crippen molar-refractivity contribution in [2.75, 3.05) is 26.1 Å². The molecule has 2 amide bonds. The Kier molecular flexibility index (Phi) is 5.35. The number of methoxy groups -OCH3 is 2. The molecule has 1 aromatic heterocycles. The summed E-state index contributed by atoms with van der Waals surface area (Å²) in [5.74, 6) is 2.33. The highest BCUT2D eigenvalue weighted by Gasteiger charge is 2.33. The van der Waals surface area contributed by atoms with Crippen molar-refractivity contribution >= 4 is 11.7 Å². The van der Waals surface area contributed by atoms with Crippen LogP contribution < -0.4 is 14.8 Å². The van der Waals surface area contributed by atoms with E-state index < -0.39 is 0 Å². The van der Waals surface area contributed by atoms with Crippen molar-refractivity contribution in [2.45, 2.75) is 38.6 Å². The first-order valence-corrected chi connectivity index (χ1v) is 8.79. The molecule has 0 unspecified atom stereocenters. The number of nitrogens with zero attached hydrogens (tertiary/aromatic N) is 2. The number of urea groups is 1. The van der Waals surface area contributed by atoms with Gasteiger partial charge in [-0.15, -0.1) is 0 Å². The second kappa shape index (κ2) is 7.68. The number of rotatable bonds is 5. The normalized spacial score (nSPS) is 16.8. The maximum atomic E-state index is 12.8. The van der Waals surface area contributed by atoms with Crippen molar-refractivity contribution < 1.29 is 18.8 Å². The maximum absolute atomic E-state index is 12.8. The van der Waals surface area contributed by atoms with E-state index in [-0.39, 0.29) is 18.0 Å². The molecule has 26 heavy (non-hydrogen) atoms. The van der Waals surface area contributed by atoms with Crippen LogP contribution in [0.25, 0.3) is 0 Å². The van der Waals surface area contributed by atoms with Crippen molar-refractivity contribution in [2.24, 2.45) is 0 Å². The van der Waals surface area contributed by atoms with Crippen LogP contribution in [0.3, 0.4) is 0 Å². The minimum Gasteiger partial charge on any atom is -0.497 e. The van der Waals surface area contributed by atoms with Crippen LogP contribution in [0.4, 0.5) is 10.5 Å². The molecule has 2 aromatic rings. The minimum absolute atomic E-state index is 0.0736. The molecule has 0 bridgehead atoms. The number of hydrogen-bond donors (Lipinski definition) is 1. The van der Waals surface area contributed by atoms with Crippen LogP contribution in [-0.4, -0.2) is 36.9 Å². The number of likely N-dealkylation sites (tertiary alicyclic amines) is 1. The van der Waals surface area contributed by atoms with E-state index in [9.17, 15) is 4.79 Å². The molecule has 1 N–H and O–H groups in total. The summed E-state index contributed by atoms with van der Waals surface area (Å²) in [6.07, 6.45) is 1.80. The molecule has 1 fully saturated rings. The largest absolute Gasteiger partial charge is 0.497 e. The van der Waals surface area contributed by atoms with Crippen molar-refractivity contribution in [3.05, 3.63) is 35.7 Å². The highest BCUT2D eigenvalue weighted by atomic mass is 16.5. The lowest BCUT2D eigenvalue weighted by Crippen LogP contribution is -2.34. The molecule has 7 heteroatoms. The number of ether oxygens (including phenoxy) is 2. The fourth-order valence-corrected chi connectivity index (χ4v) is 3.14. The van der Waals surface area contributed by atoms with Crippen LogP contribution >= 0.6 is 0 Å².